The number of amides is 1. The average molecular weight is 436 g/mol. The maximum atomic E-state index is 12.1. The van der Waals surface area contributed by atoms with Crippen LogP contribution in [0.4, 0.5) is 0 Å². The first-order chi connectivity index (χ1) is 14.1. The molecule has 1 amide bonds. The Morgan fingerprint density at radius 1 is 1.07 bits per heavy atom. The Morgan fingerprint density at radius 3 is 2.48 bits per heavy atom. The Morgan fingerprint density at radius 2 is 1.79 bits per heavy atom. The van der Waals surface area contributed by atoms with E-state index in [1.807, 2.05) is 6.07 Å². The van der Waals surface area contributed by atoms with Crippen molar-refractivity contribution in [2.75, 3.05) is 32.8 Å². The molecule has 2 aliphatic rings. The van der Waals surface area contributed by atoms with Gasteiger partial charge in [-0.25, -0.2) is 4.98 Å². The fraction of sp³-hybridized carbons (Fsp3) is 0.429. The number of piperidine rings is 1. The number of carbonyl (C=O) groups is 1. The summed E-state index contributed by atoms with van der Waals surface area (Å²) in [7, 11) is 0. The highest BCUT2D eigenvalue weighted by molar-refractivity contribution is 6.30. The first-order valence-corrected chi connectivity index (χ1v) is 10.5. The number of likely N-dealkylation sites (tertiary alicyclic amines) is 1. The van der Waals surface area contributed by atoms with Crippen molar-refractivity contribution in [3.63, 3.8) is 0 Å². The Hall–Kier alpha value is -2.02. The number of ether oxygens (including phenoxy) is 2. The molecule has 2 atom stereocenters. The monoisotopic (exact) mass is 435 g/mol. The number of pyridine rings is 1. The smallest absolute Gasteiger partial charge is 0.258 e. The summed E-state index contributed by atoms with van der Waals surface area (Å²) >= 11 is 11.6. The number of nitrogens with zero attached hydrogens (tertiary/aromatic N) is 2. The van der Waals surface area contributed by atoms with Gasteiger partial charge in [-0.2, -0.15) is 0 Å². The van der Waals surface area contributed by atoms with E-state index in [1.165, 1.54) is 0 Å². The molecular formula is C21H23Cl2N3O3. The average Bonchev–Trinajstić information content (AvgIpc) is 3.15. The molecule has 1 aliphatic heterocycles. The Kier molecular flexibility index (Phi) is 6.43. The fourth-order valence-corrected chi connectivity index (χ4v) is 4.08. The van der Waals surface area contributed by atoms with Crippen molar-refractivity contribution < 1.29 is 14.3 Å². The molecule has 1 aromatic heterocycles. The van der Waals surface area contributed by atoms with E-state index < -0.39 is 0 Å². The number of halogens is 2. The van der Waals surface area contributed by atoms with Gasteiger partial charge in [0.1, 0.15) is 16.7 Å². The molecule has 1 N–H and O–H groups in total. The van der Waals surface area contributed by atoms with Crippen LogP contribution in [0.2, 0.25) is 10.2 Å². The summed E-state index contributed by atoms with van der Waals surface area (Å²) < 4.78 is 11.2. The lowest BCUT2D eigenvalue weighted by atomic mass is 10.3. The number of benzene rings is 1. The second-order valence-electron chi connectivity index (χ2n) is 7.44. The van der Waals surface area contributed by atoms with E-state index in [0.717, 1.165) is 31.8 Å². The highest BCUT2D eigenvalue weighted by Gasteiger charge is 2.56. The van der Waals surface area contributed by atoms with Crippen molar-refractivity contribution in [3.8, 4) is 11.5 Å². The molecule has 2 heterocycles. The van der Waals surface area contributed by atoms with Crippen LogP contribution in [-0.4, -0.2) is 54.7 Å². The largest absolute Gasteiger partial charge is 0.492 e. The Balaban J connectivity index is 1.08. The van der Waals surface area contributed by atoms with Crippen LogP contribution in [-0.2, 0) is 4.79 Å². The van der Waals surface area contributed by atoms with Gasteiger partial charge in [-0.15, -0.1) is 0 Å². The maximum Gasteiger partial charge on any atom is 0.258 e. The quantitative estimate of drug-likeness (QED) is 0.483. The number of rotatable bonds is 9. The standard InChI is InChI=1S/C21H23Cl2N3O3/c22-14-2-4-15(5-3-14)29-13-20(27)25-21-17-11-26(12-18(17)21)8-1-9-28-16-6-7-19(23)24-10-16/h2-7,10,17-18,21H,1,8-9,11-13H2,(H,25,27). The van der Waals surface area contributed by atoms with E-state index in [1.54, 1.807) is 36.5 Å². The van der Waals surface area contributed by atoms with Crippen LogP contribution in [0.3, 0.4) is 0 Å². The topological polar surface area (TPSA) is 63.7 Å². The minimum Gasteiger partial charge on any atom is -0.492 e. The molecule has 2 aromatic rings. The van der Waals surface area contributed by atoms with Gasteiger partial charge in [-0.3, -0.25) is 4.79 Å². The van der Waals surface area contributed by atoms with Crippen LogP contribution in [0.25, 0.3) is 0 Å². The maximum absolute atomic E-state index is 12.1. The Bertz CT molecular complexity index is 820. The molecule has 1 aliphatic carbocycles. The number of aromatic nitrogens is 1. The SMILES string of the molecule is O=C(COc1ccc(Cl)cc1)NC1C2CN(CCCOc3ccc(Cl)nc3)CC21. The zero-order chi connectivity index (χ0) is 20.2. The minimum absolute atomic E-state index is 0.0260. The molecule has 4 rings (SSSR count). The van der Waals surface area contributed by atoms with Gasteiger partial charge in [0.15, 0.2) is 6.61 Å². The van der Waals surface area contributed by atoms with Crippen LogP contribution < -0.4 is 14.8 Å². The summed E-state index contributed by atoms with van der Waals surface area (Å²) in [5.41, 5.74) is 0. The first-order valence-electron chi connectivity index (χ1n) is 9.73. The van der Waals surface area contributed by atoms with Gasteiger partial charge >= 0.3 is 0 Å². The highest BCUT2D eigenvalue weighted by atomic mass is 35.5. The highest BCUT2D eigenvalue weighted by Crippen LogP contribution is 2.45. The van der Waals surface area contributed by atoms with Crippen molar-refractivity contribution >= 4 is 29.1 Å². The summed E-state index contributed by atoms with van der Waals surface area (Å²) in [6, 6.07) is 10.8. The van der Waals surface area contributed by atoms with Crippen molar-refractivity contribution in [1.82, 2.24) is 15.2 Å². The van der Waals surface area contributed by atoms with Crippen LogP contribution in [0.5, 0.6) is 11.5 Å². The molecule has 0 spiro atoms. The number of carbonyl (C=O) groups excluding carboxylic acids is 1. The van der Waals surface area contributed by atoms with E-state index in [4.69, 9.17) is 32.7 Å². The van der Waals surface area contributed by atoms with Crippen molar-refractivity contribution in [3.05, 3.63) is 52.8 Å². The van der Waals surface area contributed by atoms with E-state index in [-0.39, 0.29) is 18.6 Å². The molecule has 1 saturated heterocycles. The van der Waals surface area contributed by atoms with E-state index in [0.29, 0.717) is 34.4 Å². The lowest BCUT2D eigenvalue weighted by molar-refractivity contribution is -0.123. The zero-order valence-electron chi connectivity index (χ0n) is 15.9. The Labute approximate surface area is 180 Å². The summed E-state index contributed by atoms with van der Waals surface area (Å²) in [5.74, 6) is 2.41. The van der Waals surface area contributed by atoms with Crippen molar-refractivity contribution in [1.29, 1.82) is 0 Å². The predicted octanol–water partition coefficient (Wildman–Crippen LogP) is 3.28. The molecule has 0 bridgehead atoms. The van der Waals surface area contributed by atoms with Crippen LogP contribution >= 0.6 is 23.2 Å². The summed E-state index contributed by atoms with van der Waals surface area (Å²) in [6.45, 7) is 3.72. The predicted molar refractivity (Wildman–Crippen MR) is 112 cm³/mol. The lowest BCUT2D eigenvalue weighted by Crippen LogP contribution is -2.37. The lowest BCUT2D eigenvalue weighted by Gasteiger charge is -2.19. The molecule has 29 heavy (non-hydrogen) atoms. The number of fused-ring (bicyclic) bond motifs is 1. The minimum atomic E-state index is -0.0733. The van der Waals surface area contributed by atoms with Gasteiger partial charge in [0.25, 0.3) is 5.91 Å². The third kappa shape index (κ3) is 5.53. The van der Waals surface area contributed by atoms with E-state index in [2.05, 4.69) is 15.2 Å². The molecule has 6 nitrogen and oxygen atoms in total. The zero-order valence-corrected chi connectivity index (χ0v) is 17.4. The van der Waals surface area contributed by atoms with E-state index >= 15 is 0 Å². The summed E-state index contributed by atoms with van der Waals surface area (Å²) in [6.07, 6.45) is 2.59. The van der Waals surface area contributed by atoms with Gasteiger partial charge in [0, 0.05) is 30.7 Å². The van der Waals surface area contributed by atoms with Gasteiger partial charge in [0.2, 0.25) is 0 Å². The fourth-order valence-electron chi connectivity index (χ4n) is 3.84. The van der Waals surface area contributed by atoms with Crippen molar-refractivity contribution in [2.45, 2.75) is 12.5 Å². The number of hydrogen-bond acceptors (Lipinski definition) is 5. The van der Waals surface area contributed by atoms with Crippen LogP contribution in [0.1, 0.15) is 6.42 Å². The molecular weight excluding hydrogens is 413 g/mol. The first kappa shape index (κ1) is 20.3. The van der Waals surface area contributed by atoms with E-state index in [9.17, 15) is 4.79 Å². The van der Waals surface area contributed by atoms with Gasteiger partial charge < -0.3 is 19.7 Å². The second kappa shape index (κ2) is 9.20. The third-order valence-corrected chi connectivity index (χ3v) is 5.84. The molecule has 0 radical (unpaired) electrons. The second-order valence-corrected chi connectivity index (χ2v) is 8.27. The molecule has 8 heteroatoms. The molecule has 1 aromatic carbocycles. The van der Waals surface area contributed by atoms with Crippen LogP contribution in [0, 0.1) is 11.8 Å². The van der Waals surface area contributed by atoms with Crippen LogP contribution in [0.15, 0.2) is 42.6 Å². The molecule has 1 saturated carbocycles. The number of hydrogen-bond donors (Lipinski definition) is 1. The summed E-state index contributed by atoms with van der Waals surface area (Å²) in [5, 5.41) is 4.20. The summed E-state index contributed by atoms with van der Waals surface area (Å²) in [4.78, 5) is 18.5. The molecule has 2 fully saturated rings. The molecule has 154 valence electrons. The third-order valence-electron chi connectivity index (χ3n) is 5.37. The number of nitrogens with one attached hydrogen (secondary N) is 1. The van der Waals surface area contributed by atoms with Gasteiger partial charge in [-0.1, -0.05) is 23.2 Å². The van der Waals surface area contributed by atoms with Gasteiger partial charge in [0.05, 0.1) is 12.8 Å². The van der Waals surface area contributed by atoms with Crippen molar-refractivity contribution in [2.24, 2.45) is 11.8 Å². The van der Waals surface area contributed by atoms with Gasteiger partial charge in [-0.05, 0) is 54.7 Å². The molecule has 2 unspecified atom stereocenters. The normalized spacial score (nSPS) is 22.8.